The van der Waals surface area contributed by atoms with Crippen LogP contribution in [0.15, 0.2) is 78.9 Å². The van der Waals surface area contributed by atoms with Crippen LogP contribution < -0.4 is 15.9 Å². The summed E-state index contributed by atoms with van der Waals surface area (Å²) in [7, 11) is 0. The first-order valence-electron chi connectivity index (χ1n) is 12.4. The van der Waals surface area contributed by atoms with Gasteiger partial charge in [-0.1, -0.05) is 0 Å². The van der Waals surface area contributed by atoms with E-state index in [9.17, 15) is 31.1 Å². The zero-order chi connectivity index (χ0) is 29.2. The summed E-state index contributed by atoms with van der Waals surface area (Å²) < 4.78 is 77.5. The Kier molecular flexibility index (Phi) is 9.17. The topological polar surface area (TPSA) is 29.1 Å². The van der Waals surface area contributed by atoms with Crippen LogP contribution in [-0.2, 0) is 12.4 Å². The van der Waals surface area contributed by atoms with Crippen molar-refractivity contribution in [2.24, 2.45) is 5.92 Å². The van der Waals surface area contributed by atoms with Crippen molar-refractivity contribution in [3.05, 3.63) is 95.6 Å². The van der Waals surface area contributed by atoms with E-state index in [-0.39, 0.29) is 17.6 Å². The molecule has 0 aliphatic heterocycles. The normalized spacial score (nSPS) is 14.6. The third-order valence-electron chi connectivity index (χ3n) is 7.23. The van der Waals surface area contributed by atoms with Gasteiger partial charge in [-0.05, 0) is 0 Å². The molecule has 39 heavy (non-hydrogen) atoms. The van der Waals surface area contributed by atoms with Crippen molar-refractivity contribution in [2.75, 3.05) is 6.16 Å². The molecule has 0 fully saturated rings. The molecule has 0 unspecified atom stereocenters. The molecular weight excluding hydrogens is 650 g/mol. The molecule has 3 rings (SSSR count). The number of hydrogen-bond acceptors (Lipinski definition) is 1. The van der Waals surface area contributed by atoms with E-state index in [1.807, 2.05) is 50.2 Å². The molecule has 1 N–H and O–H groups in total. The van der Waals surface area contributed by atoms with Gasteiger partial charge in [-0.15, -0.1) is 0 Å². The first-order valence-corrected chi connectivity index (χ1v) is 17.7. The van der Waals surface area contributed by atoms with Crippen LogP contribution in [-0.4, -0.2) is 23.8 Å². The van der Waals surface area contributed by atoms with Gasteiger partial charge in [0.1, 0.15) is 0 Å². The second-order valence-corrected chi connectivity index (χ2v) is 21.9. The molecule has 0 aliphatic carbocycles. The summed E-state index contributed by atoms with van der Waals surface area (Å²) in [4.78, 5) is 13.3. The molecule has 3 aromatic rings. The molecule has 1 atom stereocenters. The van der Waals surface area contributed by atoms with E-state index in [1.165, 1.54) is 0 Å². The third-order valence-corrected chi connectivity index (χ3v) is 21.2. The minimum absolute atomic E-state index is 0.0254. The Bertz CT molecular complexity index is 1220. The summed E-state index contributed by atoms with van der Waals surface area (Å²) in [6, 6.07) is 20.3. The number of carbonyl (C=O) groups is 1. The maximum absolute atomic E-state index is 13.4. The number of hydrogen-bond donors (Lipinski definition) is 1. The van der Waals surface area contributed by atoms with Gasteiger partial charge in [0.2, 0.25) is 0 Å². The van der Waals surface area contributed by atoms with Crippen molar-refractivity contribution in [2.45, 2.75) is 51.7 Å². The van der Waals surface area contributed by atoms with E-state index < -0.39 is 45.2 Å². The minimum atomic E-state index is -5.04. The van der Waals surface area contributed by atoms with Crippen LogP contribution in [0.1, 0.15) is 49.2 Å². The first kappa shape index (κ1) is 31.4. The number of alkyl halides is 6. The van der Waals surface area contributed by atoms with E-state index in [4.69, 9.17) is 0 Å². The van der Waals surface area contributed by atoms with Gasteiger partial charge < -0.3 is 0 Å². The SMILES string of the molecule is CC(C)[C@@H](CP(I)(c1ccccc1)(c1ccccc1)C(C)C)NC(=O)c1cc(C(F)(F)F)cc(C(F)(F)F)c1. The molecule has 10 heteroatoms. The zero-order valence-electron chi connectivity index (χ0n) is 21.9. The maximum atomic E-state index is 13.4. The molecule has 3 aromatic carbocycles. The summed E-state index contributed by atoms with van der Waals surface area (Å²) >= 11 is 2.55. The monoisotopic (exact) mass is 681 g/mol. The van der Waals surface area contributed by atoms with Crippen LogP contribution in [0.5, 0.6) is 0 Å². The number of nitrogens with one attached hydrogen (secondary N) is 1. The Morgan fingerprint density at radius 3 is 1.51 bits per heavy atom. The second kappa shape index (κ2) is 11.4. The van der Waals surface area contributed by atoms with Gasteiger partial charge in [0.15, 0.2) is 0 Å². The van der Waals surface area contributed by atoms with Gasteiger partial charge in [0.25, 0.3) is 0 Å². The standard InChI is InChI=1S/C29H31F6INOP/c1-19(2)26(37-27(38)21-15-22(28(30,31)32)17-23(16-21)29(33,34)35)18-39(36,20(3)4,24-11-7-5-8-12-24)25-13-9-6-10-14-25/h5-17,19-20,26H,18H2,1-4H3,(H,37,38)/t26-/m1/s1. The van der Waals surface area contributed by atoms with Crippen LogP contribution in [0.4, 0.5) is 26.3 Å². The Balaban J connectivity index is 2.13. The van der Waals surface area contributed by atoms with E-state index in [0.29, 0.717) is 18.3 Å². The fourth-order valence-electron chi connectivity index (χ4n) is 4.81. The van der Waals surface area contributed by atoms with Crippen molar-refractivity contribution in [1.29, 1.82) is 0 Å². The van der Waals surface area contributed by atoms with E-state index in [2.05, 4.69) is 65.5 Å². The van der Waals surface area contributed by atoms with Crippen LogP contribution >= 0.6 is 26.3 Å². The number of amides is 1. The Hall–Kier alpha value is -2.13. The van der Waals surface area contributed by atoms with E-state index in [1.54, 1.807) is 0 Å². The fraction of sp³-hybridized carbons (Fsp3) is 0.345. The van der Waals surface area contributed by atoms with Gasteiger partial charge in [-0.3, -0.25) is 0 Å². The number of carbonyl (C=O) groups excluding carboxylic acids is 1. The van der Waals surface area contributed by atoms with Crippen molar-refractivity contribution in [3.63, 3.8) is 0 Å². The van der Waals surface area contributed by atoms with Crippen molar-refractivity contribution in [3.8, 4) is 0 Å². The van der Waals surface area contributed by atoms with Crippen molar-refractivity contribution >= 4 is 42.8 Å². The summed E-state index contributed by atoms with van der Waals surface area (Å²) in [6.07, 6.45) is -9.62. The molecule has 2 nitrogen and oxygen atoms in total. The van der Waals surface area contributed by atoms with Crippen molar-refractivity contribution in [1.82, 2.24) is 5.32 Å². The van der Waals surface area contributed by atoms with Gasteiger partial charge in [-0.2, -0.15) is 0 Å². The summed E-state index contributed by atoms with van der Waals surface area (Å²) in [5.41, 5.74) is -3.62. The molecule has 212 valence electrons. The Labute approximate surface area is 238 Å². The third kappa shape index (κ3) is 6.45. The van der Waals surface area contributed by atoms with Crippen LogP contribution in [0.3, 0.4) is 0 Å². The Morgan fingerprint density at radius 2 is 1.18 bits per heavy atom. The number of benzene rings is 3. The number of halogens is 7. The molecule has 1 amide bonds. The van der Waals surface area contributed by atoms with Crippen LogP contribution in [0.2, 0.25) is 0 Å². The van der Waals surface area contributed by atoms with Crippen molar-refractivity contribution < 1.29 is 31.1 Å². The molecule has 0 radical (unpaired) electrons. The van der Waals surface area contributed by atoms with Gasteiger partial charge in [0.05, 0.1) is 0 Å². The average Bonchev–Trinajstić information content (AvgIpc) is 2.87. The predicted molar refractivity (Wildman–Crippen MR) is 156 cm³/mol. The molecule has 0 aromatic heterocycles. The molecule has 0 spiro atoms. The first-order chi connectivity index (χ1) is 18.0. The summed E-state index contributed by atoms with van der Waals surface area (Å²) in [5, 5.41) is 5.02. The van der Waals surface area contributed by atoms with Gasteiger partial charge in [-0.25, -0.2) is 0 Å². The predicted octanol–water partition coefficient (Wildman–Crippen LogP) is 8.44. The summed E-state index contributed by atoms with van der Waals surface area (Å²) in [5.74, 6) is -1.14. The Morgan fingerprint density at radius 1 is 0.769 bits per heavy atom. The van der Waals surface area contributed by atoms with E-state index >= 15 is 0 Å². The molecule has 0 aliphatic rings. The molecule has 0 bridgehead atoms. The molecule has 0 saturated heterocycles. The quantitative estimate of drug-likeness (QED) is 0.144. The zero-order valence-corrected chi connectivity index (χ0v) is 25.0. The fourth-order valence-corrected chi connectivity index (χ4v) is 13.3. The molecular formula is C29H31F6INOP. The number of rotatable bonds is 8. The molecule has 0 heterocycles. The summed E-state index contributed by atoms with van der Waals surface area (Å²) in [6.45, 7) is 8.00. The van der Waals surface area contributed by atoms with E-state index in [0.717, 1.165) is 10.6 Å². The van der Waals surface area contributed by atoms with Crippen LogP contribution in [0, 0.1) is 5.92 Å². The van der Waals surface area contributed by atoms with Crippen LogP contribution in [0.25, 0.3) is 0 Å². The van der Waals surface area contributed by atoms with Gasteiger partial charge >= 0.3 is 239 Å². The average molecular weight is 681 g/mol. The van der Waals surface area contributed by atoms with Gasteiger partial charge in [0, 0.05) is 0 Å². The second-order valence-electron chi connectivity index (χ2n) is 10.3. The molecule has 0 saturated carbocycles.